The average molecular weight is 436 g/mol. The molecule has 0 saturated heterocycles. The van der Waals surface area contributed by atoms with Gasteiger partial charge in [-0.15, -0.1) is 0 Å². The first-order chi connectivity index (χ1) is 14.8. The van der Waals surface area contributed by atoms with E-state index in [4.69, 9.17) is 16.6 Å². The van der Waals surface area contributed by atoms with Gasteiger partial charge in [-0.25, -0.2) is 14.1 Å². The summed E-state index contributed by atoms with van der Waals surface area (Å²) in [4.78, 5) is 4.71. The summed E-state index contributed by atoms with van der Waals surface area (Å²) in [5.74, 6) is 0.397. The summed E-state index contributed by atoms with van der Waals surface area (Å²) in [5.41, 5.74) is 9.85. The summed E-state index contributed by atoms with van der Waals surface area (Å²) < 4.78 is 14.8. The van der Waals surface area contributed by atoms with Gasteiger partial charge in [-0.1, -0.05) is 35.4 Å². The highest BCUT2D eigenvalue weighted by molar-refractivity contribution is 6.32. The molecule has 0 aliphatic heterocycles. The van der Waals surface area contributed by atoms with Crippen molar-refractivity contribution in [2.24, 2.45) is 5.10 Å². The van der Waals surface area contributed by atoms with Crippen molar-refractivity contribution in [2.75, 3.05) is 5.43 Å². The van der Waals surface area contributed by atoms with Gasteiger partial charge >= 0.3 is 0 Å². The molecule has 5 nitrogen and oxygen atoms in total. The van der Waals surface area contributed by atoms with E-state index >= 15 is 0 Å². The van der Waals surface area contributed by atoms with Crippen LogP contribution in [0.3, 0.4) is 0 Å². The van der Waals surface area contributed by atoms with E-state index in [9.17, 15) is 4.39 Å². The third-order valence-corrected chi connectivity index (χ3v) is 5.58. The summed E-state index contributed by atoms with van der Waals surface area (Å²) >= 11 is 6.52. The van der Waals surface area contributed by atoms with Gasteiger partial charge in [-0.05, 0) is 68.7 Å². The van der Waals surface area contributed by atoms with Crippen LogP contribution < -0.4 is 5.43 Å². The summed E-state index contributed by atoms with van der Waals surface area (Å²) in [6.45, 7) is 8.54. The van der Waals surface area contributed by atoms with E-state index in [1.165, 1.54) is 17.7 Å². The van der Waals surface area contributed by atoms with Crippen molar-refractivity contribution in [1.82, 2.24) is 14.8 Å². The Kier molecular flexibility index (Phi) is 5.74. The molecular weight excluding hydrogens is 413 g/mol. The fourth-order valence-corrected chi connectivity index (χ4v) is 3.93. The summed E-state index contributed by atoms with van der Waals surface area (Å²) in [7, 11) is 0. The summed E-state index contributed by atoms with van der Waals surface area (Å²) in [5, 5.41) is 10.4. The van der Waals surface area contributed by atoms with E-state index in [0.29, 0.717) is 17.5 Å². The Balaban J connectivity index is 1.55. The van der Waals surface area contributed by atoms with Crippen LogP contribution in [0.2, 0.25) is 5.15 Å². The topological polar surface area (TPSA) is 55.1 Å². The van der Waals surface area contributed by atoms with Crippen molar-refractivity contribution >= 4 is 34.5 Å². The lowest BCUT2D eigenvalue weighted by atomic mass is 10.0. The predicted octanol–water partition coefficient (Wildman–Crippen LogP) is 5.95. The van der Waals surface area contributed by atoms with Crippen molar-refractivity contribution < 1.29 is 4.39 Å². The molecular formula is C24H23ClFN5. The van der Waals surface area contributed by atoms with Crippen LogP contribution in [-0.2, 0) is 6.54 Å². The lowest BCUT2D eigenvalue weighted by molar-refractivity contribution is 0.624. The number of nitrogens with one attached hydrogen (secondary N) is 1. The Bertz CT molecular complexity index is 1290. The van der Waals surface area contributed by atoms with E-state index in [1.54, 1.807) is 23.0 Å². The molecule has 0 radical (unpaired) electrons. The standard InChI is InChI=1S/C24H23ClFN5/c1-14-9-16(3)23-20(10-14)15(2)11-22(28-23)29-27-12-21-17(4)30-31(24(21)25)13-18-5-7-19(26)8-6-18/h5-12H,13H2,1-4H3,(H,28,29). The largest absolute Gasteiger partial charge is 0.261 e. The minimum atomic E-state index is -0.270. The molecule has 4 rings (SSSR count). The van der Waals surface area contributed by atoms with Gasteiger partial charge in [-0.3, -0.25) is 5.43 Å². The number of anilines is 1. The number of hydrazone groups is 1. The molecule has 0 aliphatic rings. The number of aryl methyl sites for hydroxylation is 4. The molecule has 0 spiro atoms. The quantitative estimate of drug-likeness (QED) is 0.311. The van der Waals surface area contributed by atoms with Gasteiger partial charge in [0, 0.05) is 5.39 Å². The molecule has 0 aliphatic carbocycles. The Morgan fingerprint density at radius 2 is 1.81 bits per heavy atom. The van der Waals surface area contributed by atoms with Gasteiger partial charge in [0.05, 0.1) is 29.5 Å². The molecule has 0 atom stereocenters. The molecule has 2 aromatic heterocycles. The normalized spacial score (nSPS) is 11.5. The zero-order chi connectivity index (χ0) is 22.1. The monoisotopic (exact) mass is 435 g/mol. The lowest BCUT2D eigenvalue weighted by Gasteiger charge is -2.09. The van der Waals surface area contributed by atoms with Crippen molar-refractivity contribution in [2.45, 2.75) is 34.2 Å². The first-order valence-electron chi connectivity index (χ1n) is 9.97. The second kappa shape index (κ2) is 8.47. The molecule has 158 valence electrons. The summed E-state index contributed by atoms with van der Waals surface area (Å²) in [6.07, 6.45) is 1.65. The van der Waals surface area contributed by atoms with Gasteiger partial charge in [0.15, 0.2) is 0 Å². The highest BCUT2D eigenvalue weighted by atomic mass is 35.5. The number of nitrogens with zero attached hydrogens (tertiary/aromatic N) is 4. The molecule has 2 heterocycles. The molecule has 1 N–H and O–H groups in total. The molecule has 0 unspecified atom stereocenters. The predicted molar refractivity (Wildman–Crippen MR) is 125 cm³/mol. The van der Waals surface area contributed by atoms with Crippen molar-refractivity contribution in [3.63, 3.8) is 0 Å². The zero-order valence-electron chi connectivity index (χ0n) is 17.9. The summed E-state index contributed by atoms with van der Waals surface area (Å²) in [6, 6.07) is 12.5. The Morgan fingerprint density at radius 3 is 2.55 bits per heavy atom. The molecule has 0 saturated carbocycles. The highest BCUT2D eigenvalue weighted by Crippen LogP contribution is 2.25. The second-order valence-electron chi connectivity index (χ2n) is 7.75. The molecule has 0 fully saturated rings. The highest BCUT2D eigenvalue weighted by Gasteiger charge is 2.12. The van der Waals surface area contributed by atoms with E-state index in [2.05, 4.69) is 48.5 Å². The van der Waals surface area contributed by atoms with Crippen LogP contribution in [0, 0.1) is 33.5 Å². The number of aromatic nitrogens is 3. The van der Waals surface area contributed by atoms with Crippen molar-refractivity contribution in [3.8, 4) is 0 Å². The molecule has 2 aromatic carbocycles. The van der Waals surface area contributed by atoms with Crippen LogP contribution in [0.4, 0.5) is 10.2 Å². The van der Waals surface area contributed by atoms with Gasteiger partial charge in [0.2, 0.25) is 0 Å². The zero-order valence-corrected chi connectivity index (χ0v) is 18.6. The lowest BCUT2D eigenvalue weighted by Crippen LogP contribution is -2.02. The third-order valence-electron chi connectivity index (χ3n) is 5.18. The van der Waals surface area contributed by atoms with Gasteiger partial charge in [0.25, 0.3) is 0 Å². The van der Waals surface area contributed by atoms with Crippen LogP contribution in [0.5, 0.6) is 0 Å². The molecule has 31 heavy (non-hydrogen) atoms. The Morgan fingerprint density at radius 1 is 1.06 bits per heavy atom. The SMILES string of the molecule is Cc1cc(C)c2nc(NN=Cc3c(C)nn(Cc4ccc(F)cc4)c3Cl)cc(C)c2c1. The van der Waals surface area contributed by atoms with Crippen LogP contribution in [-0.4, -0.2) is 21.0 Å². The van der Waals surface area contributed by atoms with Gasteiger partial charge in [0.1, 0.15) is 16.8 Å². The number of hydrogen-bond donors (Lipinski definition) is 1. The van der Waals surface area contributed by atoms with Crippen LogP contribution >= 0.6 is 11.6 Å². The number of rotatable bonds is 5. The van der Waals surface area contributed by atoms with Crippen molar-refractivity contribution in [1.29, 1.82) is 0 Å². The van der Waals surface area contributed by atoms with Crippen molar-refractivity contribution in [3.05, 3.63) is 86.9 Å². The molecule has 4 aromatic rings. The maximum absolute atomic E-state index is 13.1. The van der Waals surface area contributed by atoms with E-state index < -0.39 is 0 Å². The first kappa shape index (κ1) is 21.0. The number of pyridine rings is 1. The number of halogens is 2. The maximum Gasteiger partial charge on any atom is 0.147 e. The molecule has 0 amide bonds. The number of hydrogen-bond acceptors (Lipinski definition) is 4. The first-order valence-corrected chi connectivity index (χ1v) is 10.3. The Labute approximate surface area is 185 Å². The fourth-order valence-electron chi connectivity index (χ4n) is 3.65. The van der Waals surface area contributed by atoms with E-state index in [0.717, 1.165) is 38.9 Å². The van der Waals surface area contributed by atoms with E-state index in [-0.39, 0.29) is 5.82 Å². The van der Waals surface area contributed by atoms with Crippen LogP contribution in [0.15, 0.2) is 47.6 Å². The fraction of sp³-hybridized carbons (Fsp3) is 0.208. The third kappa shape index (κ3) is 4.44. The average Bonchev–Trinajstić information content (AvgIpc) is 2.98. The Hall–Kier alpha value is -3.25. The molecule has 7 heteroatoms. The smallest absolute Gasteiger partial charge is 0.147 e. The van der Waals surface area contributed by atoms with Gasteiger partial charge in [-0.2, -0.15) is 10.2 Å². The van der Waals surface area contributed by atoms with E-state index in [1.807, 2.05) is 13.0 Å². The number of benzene rings is 2. The second-order valence-corrected chi connectivity index (χ2v) is 8.10. The molecule has 0 bridgehead atoms. The number of fused-ring (bicyclic) bond motifs is 1. The minimum absolute atomic E-state index is 0.270. The maximum atomic E-state index is 13.1. The van der Waals surface area contributed by atoms with Crippen LogP contribution in [0.1, 0.15) is 33.5 Å². The minimum Gasteiger partial charge on any atom is -0.261 e. The van der Waals surface area contributed by atoms with Crippen LogP contribution in [0.25, 0.3) is 10.9 Å². The van der Waals surface area contributed by atoms with Gasteiger partial charge < -0.3 is 0 Å².